The van der Waals surface area contributed by atoms with E-state index in [2.05, 4.69) is 170 Å². The first-order valence-electron chi connectivity index (χ1n) is 19.4. The van der Waals surface area contributed by atoms with Crippen molar-refractivity contribution in [1.29, 1.82) is 0 Å². The summed E-state index contributed by atoms with van der Waals surface area (Å²) in [5.74, 6) is 0.714. The largest absolute Gasteiger partial charge is 0.246 e. The molecule has 0 aliphatic carbocycles. The Kier molecular flexibility index (Phi) is 7.58. The molecule has 0 saturated carbocycles. The fraction of sp³-hybridized carbons (Fsp3) is 0. The lowest BCUT2D eigenvalue weighted by Crippen LogP contribution is -1.96. The van der Waals surface area contributed by atoms with Gasteiger partial charge in [-0.05, 0) is 40.1 Å². The molecule has 0 N–H and O–H groups in total. The summed E-state index contributed by atoms with van der Waals surface area (Å²) in [6, 6.07) is 67.1. The maximum atomic E-state index is 5.44. The molecule has 0 aliphatic rings. The Hall–Kier alpha value is -7.05. The summed E-state index contributed by atoms with van der Waals surface area (Å²) >= 11 is 3.65. The van der Waals surface area contributed by atoms with Gasteiger partial charge in [0.2, 0.25) is 0 Å². The molecule has 270 valence electrons. The highest BCUT2D eigenvalue weighted by Gasteiger charge is 2.19. The zero-order valence-corrected chi connectivity index (χ0v) is 32.7. The van der Waals surface area contributed by atoms with E-state index in [9.17, 15) is 0 Å². The lowest BCUT2D eigenvalue weighted by Gasteiger charge is -2.14. The van der Waals surface area contributed by atoms with E-state index in [1.807, 2.05) is 40.9 Å². The Balaban J connectivity index is 0.983. The number of hydrogen-bond donors (Lipinski definition) is 0. The van der Waals surface area contributed by atoms with Gasteiger partial charge >= 0.3 is 0 Å². The highest BCUT2D eigenvalue weighted by molar-refractivity contribution is 7.27. The second-order valence-corrected chi connectivity index (χ2v) is 16.8. The highest BCUT2D eigenvalue weighted by atomic mass is 32.1. The predicted molar refractivity (Wildman–Crippen MR) is 248 cm³/mol. The van der Waals surface area contributed by atoms with E-state index in [1.165, 1.54) is 62.1 Å². The molecule has 3 nitrogen and oxygen atoms in total. The van der Waals surface area contributed by atoms with Crippen molar-refractivity contribution < 1.29 is 0 Å². The summed E-state index contributed by atoms with van der Waals surface area (Å²) in [6.45, 7) is 0. The summed E-state index contributed by atoms with van der Waals surface area (Å²) in [4.78, 5) is 15.8. The molecule has 0 aliphatic heterocycles. The van der Waals surface area contributed by atoms with Crippen LogP contribution in [0.5, 0.6) is 0 Å². The van der Waals surface area contributed by atoms with Crippen LogP contribution in [0, 0.1) is 0 Å². The Labute approximate surface area is 342 Å². The van der Waals surface area contributed by atoms with Gasteiger partial charge in [0.1, 0.15) is 0 Å². The number of pyridine rings is 1. The topological polar surface area (TPSA) is 38.7 Å². The van der Waals surface area contributed by atoms with Gasteiger partial charge in [-0.15, -0.1) is 22.7 Å². The quantitative estimate of drug-likeness (QED) is 0.175. The van der Waals surface area contributed by atoms with Crippen LogP contribution in [0.15, 0.2) is 188 Å². The molecule has 0 atom stereocenters. The van der Waals surface area contributed by atoms with Crippen LogP contribution in [0.2, 0.25) is 0 Å². The van der Waals surface area contributed by atoms with Gasteiger partial charge in [0.15, 0.2) is 5.82 Å². The molecule has 0 spiro atoms. The minimum atomic E-state index is 0.714. The molecule has 58 heavy (non-hydrogen) atoms. The van der Waals surface area contributed by atoms with Crippen molar-refractivity contribution in [3.05, 3.63) is 188 Å². The van der Waals surface area contributed by atoms with E-state index in [0.29, 0.717) is 5.82 Å². The second kappa shape index (κ2) is 13.3. The number of hydrogen-bond acceptors (Lipinski definition) is 5. The third kappa shape index (κ3) is 5.28. The number of fused-ring (bicyclic) bond motifs is 9. The van der Waals surface area contributed by atoms with Crippen molar-refractivity contribution in [2.75, 3.05) is 0 Å². The van der Waals surface area contributed by atoms with E-state index in [-0.39, 0.29) is 0 Å². The van der Waals surface area contributed by atoms with Crippen LogP contribution in [0.1, 0.15) is 0 Å². The zero-order chi connectivity index (χ0) is 38.2. The van der Waals surface area contributed by atoms with Gasteiger partial charge in [0.25, 0.3) is 0 Å². The average Bonchev–Trinajstić information content (AvgIpc) is 3.87. The van der Waals surface area contributed by atoms with Crippen molar-refractivity contribution in [1.82, 2.24) is 15.0 Å². The Bertz CT molecular complexity index is 3570. The second-order valence-electron chi connectivity index (χ2n) is 14.7. The lowest BCUT2D eigenvalue weighted by atomic mass is 9.91. The summed E-state index contributed by atoms with van der Waals surface area (Å²) in [6.07, 6.45) is 0. The van der Waals surface area contributed by atoms with Gasteiger partial charge in [0.05, 0.1) is 27.3 Å². The summed E-state index contributed by atoms with van der Waals surface area (Å²) in [7, 11) is 0. The molecule has 0 unspecified atom stereocenters. The third-order valence-electron chi connectivity index (χ3n) is 11.3. The standard InChI is InChI=1S/C53H31N3S2/c1-2-13-34(14-3-1)53-54-45(31-46(55-53)43-22-12-21-41-38-17-8-10-23-47(38)57-51(41)43)33-27-25-32(26-28-33)35-29-30-40(37-16-5-4-15-36(35)37)49-39-18-6-7-19-42(39)52-50(56-49)44-20-9-11-24-48(44)58-52/h1-31H. The molecule has 0 bridgehead atoms. The third-order valence-corrected chi connectivity index (χ3v) is 13.7. The molecule has 0 saturated heterocycles. The van der Waals surface area contributed by atoms with E-state index in [1.54, 1.807) is 0 Å². The minimum absolute atomic E-state index is 0.714. The average molecular weight is 774 g/mol. The van der Waals surface area contributed by atoms with E-state index >= 15 is 0 Å². The molecule has 4 aromatic heterocycles. The van der Waals surface area contributed by atoms with Crippen LogP contribution in [0.4, 0.5) is 0 Å². The number of nitrogens with zero attached hydrogens (tertiary/aromatic N) is 3. The van der Waals surface area contributed by atoms with Crippen LogP contribution in [0.25, 0.3) is 118 Å². The molecule has 8 aromatic carbocycles. The van der Waals surface area contributed by atoms with E-state index < -0.39 is 0 Å². The molecule has 4 heterocycles. The van der Waals surface area contributed by atoms with Gasteiger partial charge in [-0.25, -0.2) is 15.0 Å². The monoisotopic (exact) mass is 773 g/mol. The molecular formula is C53H31N3S2. The van der Waals surface area contributed by atoms with Crippen molar-refractivity contribution in [2.45, 2.75) is 0 Å². The Morgan fingerprint density at radius 2 is 0.862 bits per heavy atom. The highest BCUT2D eigenvalue weighted by Crippen LogP contribution is 2.44. The lowest BCUT2D eigenvalue weighted by molar-refractivity contribution is 1.19. The number of aromatic nitrogens is 3. The van der Waals surface area contributed by atoms with Crippen LogP contribution < -0.4 is 0 Å². The van der Waals surface area contributed by atoms with Gasteiger partial charge in [-0.1, -0.05) is 170 Å². The molecule has 12 aromatic rings. The molecule has 12 rings (SSSR count). The SMILES string of the molecule is c1ccc(-c2nc(-c3ccc(-c4ccc(-c5nc6c7ccccc7sc6c6ccccc56)c5ccccc45)cc3)cc(-c3cccc4c3sc3ccccc34)n2)cc1. The van der Waals surface area contributed by atoms with Crippen molar-refractivity contribution in [3.8, 4) is 56.3 Å². The van der Waals surface area contributed by atoms with Gasteiger partial charge in [-0.3, -0.25) is 0 Å². The van der Waals surface area contributed by atoms with Gasteiger partial charge in [0, 0.05) is 63.3 Å². The summed E-state index contributed by atoms with van der Waals surface area (Å²) < 4.78 is 5.02. The van der Waals surface area contributed by atoms with Crippen molar-refractivity contribution in [3.63, 3.8) is 0 Å². The minimum Gasteiger partial charge on any atom is -0.246 e. The van der Waals surface area contributed by atoms with Gasteiger partial charge in [-0.2, -0.15) is 0 Å². The summed E-state index contributed by atoms with van der Waals surface area (Å²) in [5, 5.41) is 8.54. The maximum absolute atomic E-state index is 5.44. The fourth-order valence-corrected chi connectivity index (χ4v) is 11.0. The molecule has 5 heteroatoms. The van der Waals surface area contributed by atoms with E-state index in [4.69, 9.17) is 15.0 Å². The zero-order valence-electron chi connectivity index (χ0n) is 31.1. The smallest absolute Gasteiger partial charge is 0.160 e. The summed E-state index contributed by atoms with van der Waals surface area (Å²) in [5.41, 5.74) is 10.5. The molecule has 0 amide bonds. The Morgan fingerprint density at radius 1 is 0.310 bits per heavy atom. The van der Waals surface area contributed by atoms with Crippen LogP contribution in [0.3, 0.4) is 0 Å². The number of thiophene rings is 2. The Morgan fingerprint density at radius 3 is 1.66 bits per heavy atom. The van der Waals surface area contributed by atoms with Crippen LogP contribution >= 0.6 is 22.7 Å². The normalized spacial score (nSPS) is 11.8. The van der Waals surface area contributed by atoms with Crippen molar-refractivity contribution in [2.24, 2.45) is 0 Å². The van der Waals surface area contributed by atoms with E-state index in [0.717, 1.165) is 50.4 Å². The van der Waals surface area contributed by atoms with Crippen LogP contribution in [-0.4, -0.2) is 15.0 Å². The van der Waals surface area contributed by atoms with Crippen molar-refractivity contribution >= 4 is 84.7 Å². The van der Waals surface area contributed by atoms with Gasteiger partial charge < -0.3 is 0 Å². The fourth-order valence-electron chi connectivity index (χ4n) is 8.57. The first-order valence-corrected chi connectivity index (χ1v) is 21.1. The molecule has 0 radical (unpaired) electrons. The predicted octanol–water partition coefficient (Wildman–Crippen LogP) is 15.2. The maximum Gasteiger partial charge on any atom is 0.160 e. The molecule has 0 fully saturated rings. The number of rotatable bonds is 5. The first kappa shape index (κ1) is 33.1. The first-order chi connectivity index (χ1) is 28.7. The van der Waals surface area contributed by atoms with Crippen LogP contribution in [-0.2, 0) is 0 Å². The molecular weight excluding hydrogens is 743 g/mol. The number of benzene rings is 8.